The fourth-order valence-electron chi connectivity index (χ4n) is 5.77. The number of benzene rings is 3. The number of fused-ring (bicyclic) bond motifs is 1. The molecule has 3 aromatic carbocycles. The van der Waals surface area contributed by atoms with E-state index in [1.165, 1.54) is 11.1 Å². The van der Waals surface area contributed by atoms with Gasteiger partial charge in [0.15, 0.2) is 0 Å². The molecule has 1 saturated heterocycles. The van der Waals surface area contributed by atoms with Crippen LogP contribution in [0.1, 0.15) is 53.9 Å². The number of carbonyl (C=O) groups is 1. The second kappa shape index (κ2) is 11.7. The van der Waals surface area contributed by atoms with Gasteiger partial charge in [0, 0.05) is 37.7 Å². The third kappa shape index (κ3) is 5.29. The number of aryl methyl sites for hydroxylation is 1. The maximum absolute atomic E-state index is 14.0. The van der Waals surface area contributed by atoms with Crippen LogP contribution in [0.4, 0.5) is 0 Å². The van der Waals surface area contributed by atoms with E-state index in [2.05, 4.69) is 66.7 Å². The highest BCUT2D eigenvalue weighted by atomic mass is 16.5. The summed E-state index contributed by atoms with van der Waals surface area (Å²) in [7, 11) is 1.82. The van der Waals surface area contributed by atoms with Crippen LogP contribution in [0.5, 0.6) is 5.75 Å². The van der Waals surface area contributed by atoms with Crippen molar-refractivity contribution in [2.45, 2.75) is 38.0 Å². The van der Waals surface area contributed by atoms with Crippen LogP contribution < -0.4 is 4.74 Å². The van der Waals surface area contributed by atoms with Crippen molar-refractivity contribution in [2.75, 3.05) is 26.9 Å². The molecule has 4 nitrogen and oxygen atoms in total. The van der Waals surface area contributed by atoms with Crippen molar-refractivity contribution >= 4 is 11.5 Å². The molecule has 1 heterocycles. The highest BCUT2D eigenvalue weighted by Crippen LogP contribution is 2.46. The molecule has 0 bridgehead atoms. The third-order valence-electron chi connectivity index (χ3n) is 7.55. The Hall–Kier alpha value is -3.24. The molecule has 0 N–H and O–H groups in total. The first-order valence-electron chi connectivity index (χ1n) is 13.2. The van der Waals surface area contributed by atoms with E-state index in [1.54, 1.807) is 0 Å². The highest BCUT2D eigenvalue weighted by Gasteiger charge is 2.45. The predicted molar refractivity (Wildman–Crippen MR) is 144 cm³/mol. The van der Waals surface area contributed by atoms with Crippen LogP contribution in [0.25, 0.3) is 0 Å². The molecule has 36 heavy (non-hydrogen) atoms. The van der Waals surface area contributed by atoms with Crippen molar-refractivity contribution in [1.29, 1.82) is 0 Å². The smallest absolute Gasteiger partial charge is 0.146 e. The molecule has 3 atom stereocenters. The summed E-state index contributed by atoms with van der Waals surface area (Å²) in [6, 6.07) is 27.2. The van der Waals surface area contributed by atoms with E-state index >= 15 is 0 Å². The van der Waals surface area contributed by atoms with E-state index in [0.29, 0.717) is 19.0 Å². The lowest BCUT2D eigenvalue weighted by Gasteiger charge is -2.24. The van der Waals surface area contributed by atoms with Crippen LogP contribution in [-0.4, -0.2) is 38.4 Å². The maximum Gasteiger partial charge on any atom is 0.146 e. The van der Waals surface area contributed by atoms with Gasteiger partial charge >= 0.3 is 0 Å². The first-order valence-corrected chi connectivity index (χ1v) is 13.2. The average Bonchev–Trinajstić information content (AvgIpc) is 3.05. The summed E-state index contributed by atoms with van der Waals surface area (Å²) in [5, 5.41) is 0. The minimum absolute atomic E-state index is 0.0171. The zero-order chi connectivity index (χ0) is 24.7. The van der Waals surface area contributed by atoms with Gasteiger partial charge in [-0.25, -0.2) is 0 Å². The van der Waals surface area contributed by atoms with Gasteiger partial charge in [0.05, 0.1) is 18.2 Å². The summed E-state index contributed by atoms with van der Waals surface area (Å²) in [6.45, 7) is 2.06. The second-order valence-corrected chi connectivity index (χ2v) is 9.80. The number of nitrogens with zero attached hydrogens (tertiary/aromatic N) is 1. The first-order chi connectivity index (χ1) is 17.8. The van der Waals surface area contributed by atoms with E-state index in [4.69, 9.17) is 14.5 Å². The lowest BCUT2D eigenvalue weighted by Crippen LogP contribution is -2.31. The minimum atomic E-state index is -0.274. The molecule has 0 spiro atoms. The van der Waals surface area contributed by atoms with Gasteiger partial charge < -0.3 is 9.47 Å². The topological polar surface area (TPSA) is 47.9 Å². The lowest BCUT2D eigenvalue weighted by molar-refractivity contribution is -0.125. The van der Waals surface area contributed by atoms with Crippen molar-refractivity contribution < 1.29 is 14.3 Å². The molecular weight excluding hydrogens is 446 g/mol. The maximum atomic E-state index is 14.0. The van der Waals surface area contributed by atoms with Gasteiger partial charge in [-0.15, -0.1) is 0 Å². The Bertz CT molecular complexity index is 1180. The number of rotatable bonds is 8. The minimum Gasteiger partial charge on any atom is -0.494 e. The summed E-state index contributed by atoms with van der Waals surface area (Å²) in [4.78, 5) is 18.7. The Morgan fingerprint density at radius 2 is 1.75 bits per heavy atom. The fraction of sp³-hybridized carbons (Fsp3) is 0.375. The van der Waals surface area contributed by atoms with Gasteiger partial charge in [-0.1, -0.05) is 66.7 Å². The van der Waals surface area contributed by atoms with Crippen molar-refractivity contribution in [2.24, 2.45) is 16.8 Å². The quantitative estimate of drug-likeness (QED) is 0.357. The first kappa shape index (κ1) is 24.5. The normalized spacial score (nSPS) is 22.7. The Balaban J connectivity index is 1.40. The molecule has 186 valence electrons. The summed E-state index contributed by atoms with van der Waals surface area (Å²) < 4.78 is 11.8. The highest BCUT2D eigenvalue weighted by molar-refractivity contribution is 6.18. The summed E-state index contributed by atoms with van der Waals surface area (Å²) in [6.07, 6.45) is 4.56. The molecule has 5 rings (SSSR count). The molecule has 0 saturated carbocycles. The molecule has 1 aliphatic heterocycles. The fourth-order valence-corrected chi connectivity index (χ4v) is 5.77. The Kier molecular flexibility index (Phi) is 7.92. The van der Waals surface area contributed by atoms with Gasteiger partial charge in [-0.2, -0.15) is 0 Å². The monoisotopic (exact) mass is 481 g/mol. The van der Waals surface area contributed by atoms with Gasteiger partial charge in [0.2, 0.25) is 0 Å². The second-order valence-electron chi connectivity index (χ2n) is 9.80. The molecule has 0 radical (unpaired) electrons. The molecule has 0 amide bonds. The van der Waals surface area contributed by atoms with Crippen molar-refractivity contribution in [3.8, 4) is 5.75 Å². The largest absolute Gasteiger partial charge is 0.494 e. The summed E-state index contributed by atoms with van der Waals surface area (Å²) in [5.41, 5.74) is 5.60. The molecule has 2 aliphatic rings. The lowest BCUT2D eigenvalue weighted by atomic mass is 9.77. The molecular formula is C32H35NO3. The van der Waals surface area contributed by atoms with Gasteiger partial charge in [0.25, 0.3) is 0 Å². The zero-order valence-corrected chi connectivity index (χ0v) is 21.1. The van der Waals surface area contributed by atoms with Crippen LogP contribution in [0.2, 0.25) is 0 Å². The van der Waals surface area contributed by atoms with E-state index < -0.39 is 0 Å². The van der Waals surface area contributed by atoms with Crippen molar-refractivity contribution in [1.82, 2.24) is 0 Å². The molecule has 1 aliphatic carbocycles. The number of aliphatic imine (C=N–C) groups is 1. The van der Waals surface area contributed by atoms with Gasteiger partial charge in [-0.3, -0.25) is 9.79 Å². The van der Waals surface area contributed by atoms with Crippen molar-refractivity contribution in [3.63, 3.8) is 0 Å². The third-order valence-corrected chi connectivity index (χ3v) is 7.55. The molecule has 1 fully saturated rings. The molecule has 0 aromatic heterocycles. The molecule has 3 aromatic rings. The Labute approximate surface area is 214 Å². The van der Waals surface area contributed by atoms with Gasteiger partial charge in [-0.05, 0) is 60.9 Å². The standard InChI is InChI=1S/C32H35NO3/c1-33-31-28-22-26(36-20-8-12-23-10-4-2-5-11-23)16-17-27(28)29(24-13-6-3-7-14-24)30(31)32(34)25-15-9-19-35-21-18-25/h2-7,10-11,13-14,16-17,22,25,29-30H,8-9,12,15,18-21H2,1H3. The van der Waals surface area contributed by atoms with Crippen LogP contribution in [-0.2, 0) is 16.0 Å². The Morgan fingerprint density at radius 1 is 0.972 bits per heavy atom. The van der Waals surface area contributed by atoms with Crippen molar-refractivity contribution in [3.05, 3.63) is 101 Å². The van der Waals surface area contributed by atoms with E-state index in [9.17, 15) is 4.79 Å². The summed E-state index contributed by atoms with van der Waals surface area (Å²) in [5.74, 6) is 0.859. The van der Waals surface area contributed by atoms with E-state index in [-0.39, 0.29) is 17.8 Å². The summed E-state index contributed by atoms with van der Waals surface area (Å²) >= 11 is 0. The average molecular weight is 482 g/mol. The zero-order valence-electron chi connectivity index (χ0n) is 21.1. The molecule has 3 unspecified atom stereocenters. The van der Waals surface area contributed by atoms with Crippen LogP contribution in [0.15, 0.2) is 83.9 Å². The number of hydrogen-bond acceptors (Lipinski definition) is 4. The molecule has 4 heteroatoms. The SMILES string of the molecule is CN=C1c2cc(OCCCc3ccccc3)ccc2C(c2ccccc2)C1C(=O)C1CCCOCC1. The van der Waals surface area contributed by atoms with E-state index in [0.717, 1.165) is 61.3 Å². The van der Waals surface area contributed by atoms with E-state index in [1.807, 2.05) is 19.2 Å². The van der Waals surface area contributed by atoms with Crippen LogP contribution in [0, 0.1) is 11.8 Å². The van der Waals surface area contributed by atoms with Gasteiger partial charge in [0.1, 0.15) is 11.5 Å². The number of hydrogen-bond donors (Lipinski definition) is 0. The number of ether oxygens (including phenoxy) is 2. The van der Waals surface area contributed by atoms with Crippen LogP contribution >= 0.6 is 0 Å². The Morgan fingerprint density at radius 3 is 2.53 bits per heavy atom. The van der Waals surface area contributed by atoms with Crippen LogP contribution in [0.3, 0.4) is 0 Å². The number of Topliss-reactive ketones (excluding diaryl/α,β-unsaturated/α-hetero) is 1. The number of carbonyl (C=O) groups excluding carboxylic acids is 1. The number of ketones is 1. The predicted octanol–water partition coefficient (Wildman–Crippen LogP) is 6.26.